The van der Waals surface area contributed by atoms with Gasteiger partial charge in [-0.3, -0.25) is 0 Å². The molecule has 0 bridgehead atoms. The van der Waals surface area contributed by atoms with Crippen LogP contribution in [0.2, 0.25) is 0 Å². The zero-order chi connectivity index (χ0) is 18.6. The van der Waals surface area contributed by atoms with E-state index in [0.29, 0.717) is 0 Å². The minimum Gasteiger partial charge on any atom is -0.494 e. The minimum atomic E-state index is 0.751. The van der Waals surface area contributed by atoms with Crippen molar-refractivity contribution in [3.8, 4) is 17.0 Å². The molecular weight excluding hydrogens is 336 g/mol. The van der Waals surface area contributed by atoms with E-state index in [2.05, 4.69) is 48.2 Å². The highest BCUT2D eigenvalue weighted by Crippen LogP contribution is 2.32. The Morgan fingerprint density at radius 3 is 2.78 bits per heavy atom. The molecule has 0 saturated carbocycles. The average Bonchev–Trinajstić information content (AvgIpc) is 3.33. The first kappa shape index (κ1) is 18.0. The zero-order valence-corrected chi connectivity index (χ0v) is 16.3. The Hall–Kier alpha value is -2.40. The first-order valence-electron chi connectivity index (χ1n) is 10.0. The Bertz CT molecular complexity index is 901. The van der Waals surface area contributed by atoms with Crippen LogP contribution in [-0.2, 0) is 12.8 Å². The Labute approximate surface area is 161 Å². The molecule has 0 saturated heterocycles. The van der Waals surface area contributed by atoms with Crippen LogP contribution in [0.5, 0.6) is 5.75 Å². The molecule has 0 atom stereocenters. The van der Waals surface area contributed by atoms with Gasteiger partial charge in [0.05, 0.1) is 18.5 Å². The lowest BCUT2D eigenvalue weighted by Crippen LogP contribution is -2.21. The summed E-state index contributed by atoms with van der Waals surface area (Å²) in [6.07, 6.45) is 7.39. The van der Waals surface area contributed by atoms with Gasteiger partial charge in [-0.05, 0) is 70.0 Å². The van der Waals surface area contributed by atoms with Crippen LogP contribution in [0.3, 0.4) is 0 Å². The molecule has 5 nitrogen and oxygen atoms in total. The summed E-state index contributed by atoms with van der Waals surface area (Å²) in [6.45, 7) is 5.18. The molecule has 1 aliphatic rings. The van der Waals surface area contributed by atoms with Crippen LogP contribution in [0.25, 0.3) is 16.9 Å². The van der Waals surface area contributed by atoms with Gasteiger partial charge < -0.3 is 9.64 Å². The first-order valence-corrected chi connectivity index (χ1v) is 10.0. The number of ether oxygens (including phenoxy) is 1. The SMILES string of the molecule is CCCN(C)CCCOc1ccc(-c2c3c(nc4ccnn24)CCC3)cc1. The Morgan fingerprint density at radius 2 is 1.96 bits per heavy atom. The van der Waals surface area contributed by atoms with Crippen molar-refractivity contribution in [1.29, 1.82) is 0 Å². The molecule has 2 heterocycles. The zero-order valence-electron chi connectivity index (χ0n) is 16.3. The predicted octanol–water partition coefficient (Wildman–Crippen LogP) is 4.00. The van der Waals surface area contributed by atoms with E-state index < -0.39 is 0 Å². The van der Waals surface area contributed by atoms with Crippen LogP contribution in [0.4, 0.5) is 0 Å². The molecule has 0 amide bonds. The van der Waals surface area contributed by atoms with E-state index in [-0.39, 0.29) is 0 Å². The fourth-order valence-electron chi connectivity index (χ4n) is 3.95. The van der Waals surface area contributed by atoms with E-state index in [4.69, 9.17) is 9.72 Å². The number of benzene rings is 1. The van der Waals surface area contributed by atoms with Crippen molar-refractivity contribution in [3.05, 3.63) is 47.8 Å². The second kappa shape index (κ2) is 8.09. The summed E-state index contributed by atoms with van der Waals surface area (Å²) < 4.78 is 7.90. The number of aryl methyl sites for hydroxylation is 1. The Morgan fingerprint density at radius 1 is 1.11 bits per heavy atom. The van der Waals surface area contributed by atoms with Gasteiger partial charge in [-0.1, -0.05) is 6.92 Å². The van der Waals surface area contributed by atoms with Gasteiger partial charge in [-0.15, -0.1) is 0 Å². The van der Waals surface area contributed by atoms with Crippen LogP contribution >= 0.6 is 0 Å². The van der Waals surface area contributed by atoms with Crippen molar-refractivity contribution in [2.24, 2.45) is 0 Å². The molecule has 0 fully saturated rings. The molecule has 0 unspecified atom stereocenters. The number of hydrogen-bond donors (Lipinski definition) is 0. The summed E-state index contributed by atoms with van der Waals surface area (Å²) in [5, 5.41) is 4.51. The number of rotatable bonds is 8. The van der Waals surface area contributed by atoms with E-state index >= 15 is 0 Å². The molecule has 1 aromatic carbocycles. The van der Waals surface area contributed by atoms with Crippen molar-refractivity contribution < 1.29 is 4.74 Å². The molecule has 0 aliphatic heterocycles. The van der Waals surface area contributed by atoms with Crippen LogP contribution in [0.1, 0.15) is 37.4 Å². The first-order chi connectivity index (χ1) is 13.3. The smallest absolute Gasteiger partial charge is 0.155 e. The third-order valence-corrected chi connectivity index (χ3v) is 5.24. The van der Waals surface area contributed by atoms with Gasteiger partial charge in [0, 0.05) is 29.4 Å². The van der Waals surface area contributed by atoms with Crippen LogP contribution in [-0.4, -0.2) is 46.2 Å². The Kier molecular flexibility index (Phi) is 5.39. The molecule has 142 valence electrons. The lowest BCUT2D eigenvalue weighted by atomic mass is 10.0. The van der Waals surface area contributed by atoms with Crippen molar-refractivity contribution in [2.45, 2.75) is 39.0 Å². The largest absolute Gasteiger partial charge is 0.494 e. The van der Waals surface area contributed by atoms with Crippen LogP contribution in [0.15, 0.2) is 36.5 Å². The average molecular weight is 364 g/mol. The molecule has 1 aliphatic carbocycles. The molecule has 27 heavy (non-hydrogen) atoms. The summed E-state index contributed by atoms with van der Waals surface area (Å²) in [5.74, 6) is 0.930. The van der Waals surface area contributed by atoms with Crippen molar-refractivity contribution in [1.82, 2.24) is 19.5 Å². The van der Waals surface area contributed by atoms with E-state index in [1.165, 1.54) is 35.4 Å². The number of aromatic nitrogens is 3. The van der Waals surface area contributed by atoms with Crippen LogP contribution in [0, 0.1) is 0 Å². The molecule has 0 spiro atoms. The fourth-order valence-corrected chi connectivity index (χ4v) is 3.95. The lowest BCUT2D eigenvalue weighted by Gasteiger charge is -2.15. The molecular formula is C22H28N4O. The highest BCUT2D eigenvalue weighted by Gasteiger charge is 2.21. The maximum Gasteiger partial charge on any atom is 0.155 e. The highest BCUT2D eigenvalue weighted by atomic mass is 16.5. The molecule has 3 aromatic rings. The van der Waals surface area contributed by atoms with Gasteiger partial charge >= 0.3 is 0 Å². The van der Waals surface area contributed by atoms with E-state index in [0.717, 1.165) is 50.4 Å². The molecule has 4 rings (SSSR count). The summed E-state index contributed by atoms with van der Waals surface area (Å²) in [6, 6.07) is 10.4. The topological polar surface area (TPSA) is 42.7 Å². The summed E-state index contributed by atoms with van der Waals surface area (Å²) in [5.41, 5.74) is 5.88. The van der Waals surface area contributed by atoms with Crippen molar-refractivity contribution in [2.75, 3.05) is 26.7 Å². The summed E-state index contributed by atoms with van der Waals surface area (Å²) in [7, 11) is 2.17. The van der Waals surface area contributed by atoms with Gasteiger partial charge in [0.15, 0.2) is 5.65 Å². The second-order valence-corrected chi connectivity index (χ2v) is 7.37. The molecule has 5 heteroatoms. The third-order valence-electron chi connectivity index (χ3n) is 5.24. The maximum atomic E-state index is 5.93. The van der Waals surface area contributed by atoms with Gasteiger partial charge in [0.25, 0.3) is 0 Å². The van der Waals surface area contributed by atoms with E-state index in [9.17, 15) is 0 Å². The standard InChI is InChI=1S/C22H28N4O/c1-3-14-25(2)15-5-16-27-18-10-8-17(9-11-18)22-19-6-4-7-20(19)24-21-12-13-23-26(21)22/h8-13H,3-7,14-16H2,1-2H3. The van der Waals surface area contributed by atoms with Crippen molar-refractivity contribution >= 4 is 5.65 Å². The van der Waals surface area contributed by atoms with Gasteiger partial charge in [0.1, 0.15) is 5.75 Å². The van der Waals surface area contributed by atoms with E-state index in [1.807, 2.05) is 16.8 Å². The van der Waals surface area contributed by atoms with Gasteiger partial charge in [0.2, 0.25) is 0 Å². The molecule has 0 N–H and O–H groups in total. The fraction of sp³-hybridized carbons (Fsp3) is 0.455. The summed E-state index contributed by atoms with van der Waals surface area (Å²) in [4.78, 5) is 7.12. The number of fused-ring (bicyclic) bond motifs is 2. The lowest BCUT2D eigenvalue weighted by molar-refractivity contribution is 0.263. The molecule has 2 aromatic heterocycles. The highest BCUT2D eigenvalue weighted by molar-refractivity contribution is 5.68. The van der Waals surface area contributed by atoms with Crippen molar-refractivity contribution in [3.63, 3.8) is 0 Å². The van der Waals surface area contributed by atoms with Gasteiger partial charge in [-0.25, -0.2) is 9.50 Å². The number of nitrogens with zero attached hydrogens (tertiary/aromatic N) is 4. The monoisotopic (exact) mass is 364 g/mol. The number of hydrogen-bond acceptors (Lipinski definition) is 4. The van der Waals surface area contributed by atoms with E-state index in [1.54, 1.807) is 0 Å². The van der Waals surface area contributed by atoms with Crippen LogP contribution < -0.4 is 4.74 Å². The third kappa shape index (κ3) is 3.83. The summed E-state index contributed by atoms with van der Waals surface area (Å²) >= 11 is 0. The second-order valence-electron chi connectivity index (χ2n) is 7.37. The Balaban J connectivity index is 1.47. The minimum absolute atomic E-state index is 0.751. The maximum absolute atomic E-state index is 5.93. The molecule has 0 radical (unpaired) electrons. The normalized spacial score (nSPS) is 13.4. The quantitative estimate of drug-likeness (QED) is 0.567. The van der Waals surface area contributed by atoms with Gasteiger partial charge in [-0.2, -0.15) is 5.10 Å². The predicted molar refractivity (Wildman–Crippen MR) is 108 cm³/mol.